The number of aryl methyl sites for hydroxylation is 1. The Labute approximate surface area is 141 Å². The number of methoxy groups -OCH3 is 1. The minimum Gasteiger partial charge on any atom is -0.482 e. The van der Waals surface area contributed by atoms with Gasteiger partial charge in [0.1, 0.15) is 11.8 Å². The van der Waals surface area contributed by atoms with Crippen molar-refractivity contribution >= 4 is 30.0 Å². The summed E-state index contributed by atoms with van der Waals surface area (Å²) in [4.78, 5) is 23.1. The van der Waals surface area contributed by atoms with E-state index in [2.05, 4.69) is 15.4 Å². The number of morpholine rings is 1. The number of esters is 1. The second-order valence-electron chi connectivity index (χ2n) is 4.91. The first kappa shape index (κ1) is 19.2. The molecule has 0 spiro atoms. The number of carbonyl (C=O) groups is 2. The number of amides is 1. The first-order valence-electron chi connectivity index (χ1n) is 7.02. The van der Waals surface area contributed by atoms with Crippen LogP contribution >= 0.6 is 12.4 Å². The van der Waals surface area contributed by atoms with Crippen molar-refractivity contribution in [3.8, 4) is 5.75 Å². The summed E-state index contributed by atoms with van der Waals surface area (Å²) >= 11 is 0. The molecule has 0 saturated carbocycles. The molecule has 1 amide bonds. The van der Waals surface area contributed by atoms with E-state index in [0.717, 1.165) is 5.56 Å². The molecule has 0 bridgehead atoms. The Morgan fingerprint density at radius 3 is 2.83 bits per heavy atom. The summed E-state index contributed by atoms with van der Waals surface area (Å²) in [7, 11) is 1.30. The minimum absolute atomic E-state index is 0. The smallest absolute Gasteiger partial charge is 0.343 e. The zero-order chi connectivity index (χ0) is 15.9. The Kier molecular flexibility index (Phi) is 7.80. The van der Waals surface area contributed by atoms with Crippen molar-refractivity contribution in [2.24, 2.45) is 0 Å². The third kappa shape index (κ3) is 5.70. The van der Waals surface area contributed by atoms with E-state index in [-0.39, 0.29) is 31.0 Å². The predicted molar refractivity (Wildman–Crippen MR) is 87.2 cm³/mol. The second-order valence-corrected chi connectivity index (χ2v) is 4.91. The van der Waals surface area contributed by atoms with Gasteiger partial charge in [-0.15, -0.1) is 12.4 Å². The third-order valence-electron chi connectivity index (χ3n) is 3.28. The molecule has 2 rings (SSSR count). The lowest BCUT2D eigenvalue weighted by atomic mass is 10.1. The van der Waals surface area contributed by atoms with Crippen molar-refractivity contribution in [3.63, 3.8) is 0 Å². The molecule has 7 nitrogen and oxygen atoms in total. The molecule has 0 radical (unpaired) electrons. The van der Waals surface area contributed by atoms with Gasteiger partial charge in [0.05, 0.1) is 20.3 Å². The van der Waals surface area contributed by atoms with Crippen molar-refractivity contribution < 1.29 is 23.8 Å². The molecule has 8 heteroatoms. The van der Waals surface area contributed by atoms with Gasteiger partial charge >= 0.3 is 5.97 Å². The van der Waals surface area contributed by atoms with Gasteiger partial charge in [-0.25, -0.2) is 4.79 Å². The zero-order valence-electron chi connectivity index (χ0n) is 13.1. The van der Waals surface area contributed by atoms with Crippen LogP contribution in [0.4, 0.5) is 5.69 Å². The molecule has 1 aromatic carbocycles. The topological polar surface area (TPSA) is 85.9 Å². The predicted octanol–water partition coefficient (Wildman–Crippen LogP) is 0.896. The summed E-state index contributed by atoms with van der Waals surface area (Å²) in [6.45, 7) is 3.36. The molecule has 1 atom stereocenters. The first-order valence-corrected chi connectivity index (χ1v) is 7.02. The number of hydrogen-bond acceptors (Lipinski definition) is 6. The quantitative estimate of drug-likeness (QED) is 0.772. The van der Waals surface area contributed by atoms with Crippen LogP contribution in [0.1, 0.15) is 5.56 Å². The number of halogens is 1. The molecule has 1 unspecified atom stereocenters. The summed E-state index contributed by atoms with van der Waals surface area (Å²) in [5, 5.41) is 5.95. The van der Waals surface area contributed by atoms with E-state index in [1.807, 2.05) is 6.92 Å². The van der Waals surface area contributed by atoms with Crippen LogP contribution in [-0.2, 0) is 19.1 Å². The lowest BCUT2D eigenvalue weighted by molar-refractivity contribution is -0.142. The number of anilines is 1. The maximum absolute atomic E-state index is 12.1. The highest BCUT2D eigenvalue weighted by Crippen LogP contribution is 2.21. The van der Waals surface area contributed by atoms with Crippen LogP contribution < -0.4 is 15.4 Å². The Morgan fingerprint density at radius 2 is 2.22 bits per heavy atom. The van der Waals surface area contributed by atoms with Crippen LogP contribution in [0.15, 0.2) is 18.2 Å². The summed E-state index contributed by atoms with van der Waals surface area (Å²) in [6, 6.07) is 4.84. The van der Waals surface area contributed by atoms with Crippen molar-refractivity contribution in [2.75, 3.05) is 38.8 Å². The average molecular weight is 345 g/mol. The number of nitrogens with one attached hydrogen (secondary N) is 2. The lowest BCUT2D eigenvalue weighted by Crippen LogP contribution is -2.48. The molecular formula is C15H21ClN2O5. The molecule has 2 N–H and O–H groups in total. The van der Waals surface area contributed by atoms with E-state index in [9.17, 15) is 9.59 Å². The van der Waals surface area contributed by atoms with Gasteiger partial charge in [0, 0.05) is 12.2 Å². The fourth-order valence-corrected chi connectivity index (χ4v) is 2.02. The number of carbonyl (C=O) groups excluding carboxylic acids is 2. The maximum Gasteiger partial charge on any atom is 0.343 e. The van der Waals surface area contributed by atoms with E-state index < -0.39 is 5.97 Å². The van der Waals surface area contributed by atoms with Crippen LogP contribution in [0, 0.1) is 6.92 Å². The van der Waals surface area contributed by atoms with Gasteiger partial charge in [0.15, 0.2) is 6.61 Å². The van der Waals surface area contributed by atoms with Crippen LogP contribution in [-0.4, -0.2) is 51.4 Å². The normalized spacial score (nSPS) is 16.9. The molecule has 1 aromatic rings. The SMILES string of the molecule is COC(=O)COc1ccc(NC(=O)C2COCCN2)c(C)c1.Cl. The van der Waals surface area contributed by atoms with Crippen LogP contribution in [0.5, 0.6) is 5.75 Å². The standard InChI is InChI=1S/C15H20N2O5.ClH/c1-10-7-11(22-9-14(18)20-2)3-4-12(10)17-15(19)13-8-21-6-5-16-13;/h3-4,7,13,16H,5-6,8-9H2,1-2H3,(H,17,19);1H. The van der Waals surface area contributed by atoms with Gasteiger partial charge in [-0.05, 0) is 30.7 Å². The maximum atomic E-state index is 12.1. The minimum atomic E-state index is -0.446. The molecule has 0 aromatic heterocycles. The summed E-state index contributed by atoms with van der Waals surface area (Å²) < 4.78 is 15.1. The fourth-order valence-electron chi connectivity index (χ4n) is 2.02. The molecule has 1 fully saturated rings. The van der Waals surface area contributed by atoms with Crippen LogP contribution in [0.2, 0.25) is 0 Å². The average Bonchev–Trinajstić information content (AvgIpc) is 2.55. The Morgan fingerprint density at radius 1 is 1.43 bits per heavy atom. The summed E-state index contributed by atoms with van der Waals surface area (Å²) in [5.74, 6) is -0.0375. The zero-order valence-corrected chi connectivity index (χ0v) is 13.9. The number of benzene rings is 1. The Balaban J connectivity index is 0.00000264. The van der Waals surface area contributed by atoms with E-state index in [1.165, 1.54) is 7.11 Å². The van der Waals surface area contributed by atoms with Crippen LogP contribution in [0.25, 0.3) is 0 Å². The number of ether oxygens (including phenoxy) is 3. The van der Waals surface area contributed by atoms with Gasteiger partial charge in [-0.1, -0.05) is 0 Å². The largest absolute Gasteiger partial charge is 0.482 e. The Hall–Kier alpha value is -1.83. The summed E-state index contributed by atoms with van der Waals surface area (Å²) in [5.41, 5.74) is 1.54. The molecule has 128 valence electrons. The van der Waals surface area contributed by atoms with Crippen molar-refractivity contribution in [1.29, 1.82) is 0 Å². The fraction of sp³-hybridized carbons (Fsp3) is 0.467. The number of rotatable bonds is 5. The van der Waals surface area contributed by atoms with Gasteiger partial charge in [-0.3, -0.25) is 4.79 Å². The first-order chi connectivity index (χ1) is 10.6. The highest BCUT2D eigenvalue weighted by Gasteiger charge is 2.21. The van der Waals surface area contributed by atoms with E-state index in [0.29, 0.717) is 31.2 Å². The molecule has 1 heterocycles. The molecule has 1 aliphatic heterocycles. The van der Waals surface area contributed by atoms with Gasteiger partial charge in [-0.2, -0.15) is 0 Å². The van der Waals surface area contributed by atoms with Gasteiger partial charge in [0.25, 0.3) is 0 Å². The molecule has 1 saturated heterocycles. The highest BCUT2D eigenvalue weighted by atomic mass is 35.5. The second kappa shape index (κ2) is 9.34. The van der Waals surface area contributed by atoms with Gasteiger partial charge < -0.3 is 24.8 Å². The van der Waals surface area contributed by atoms with Crippen molar-refractivity contribution in [3.05, 3.63) is 23.8 Å². The summed E-state index contributed by atoms with van der Waals surface area (Å²) in [6.07, 6.45) is 0. The van der Waals surface area contributed by atoms with Crippen molar-refractivity contribution in [2.45, 2.75) is 13.0 Å². The Bertz CT molecular complexity index is 547. The van der Waals surface area contributed by atoms with E-state index in [1.54, 1.807) is 18.2 Å². The third-order valence-corrected chi connectivity index (χ3v) is 3.28. The van der Waals surface area contributed by atoms with Gasteiger partial charge in [0.2, 0.25) is 5.91 Å². The number of hydrogen-bond donors (Lipinski definition) is 2. The van der Waals surface area contributed by atoms with E-state index in [4.69, 9.17) is 9.47 Å². The molecular weight excluding hydrogens is 324 g/mol. The van der Waals surface area contributed by atoms with Crippen LogP contribution in [0.3, 0.4) is 0 Å². The molecule has 0 aliphatic carbocycles. The highest BCUT2D eigenvalue weighted by molar-refractivity contribution is 5.95. The molecule has 23 heavy (non-hydrogen) atoms. The lowest BCUT2D eigenvalue weighted by Gasteiger charge is -2.23. The van der Waals surface area contributed by atoms with Crippen molar-refractivity contribution in [1.82, 2.24) is 5.32 Å². The molecule has 1 aliphatic rings. The monoisotopic (exact) mass is 344 g/mol. The van der Waals surface area contributed by atoms with E-state index >= 15 is 0 Å².